The Morgan fingerprint density at radius 2 is 1.95 bits per heavy atom. The number of benzene rings is 1. The summed E-state index contributed by atoms with van der Waals surface area (Å²) in [5.74, 6) is 1.62. The minimum absolute atomic E-state index is 0.401. The van der Waals surface area contributed by atoms with Gasteiger partial charge in [-0.2, -0.15) is 0 Å². The number of nitrogens with zero attached hydrogens (tertiary/aromatic N) is 2. The molecule has 2 aromatic heterocycles. The first-order chi connectivity index (χ1) is 9.24. The normalized spacial score (nSPS) is 10.8. The zero-order valence-electron chi connectivity index (χ0n) is 9.88. The number of hydrogen-bond acceptors (Lipinski definition) is 2. The van der Waals surface area contributed by atoms with E-state index >= 15 is 0 Å². The zero-order chi connectivity index (χ0) is 13.2. The van der Waals surface area contributed by atoms with Crippen molar-refractivity contribution >= 4 is 33.0 Å². The molecule has 0 aliphatic heterocycles. The quantitative estimate of drug-likeness (QED) is 0.711. The number of fused-ring (bicyclic) bond motifs is 1. The Bertz CT molecular complexity index is 709. The minimum Gasteiger partial charge on any atom is -0.486 e. The van der Waals surface area contributed by atoms with Gasteiger partial charge in [0.05, 0.1) is 5.52 Å². The van der Waals surface area contributed by atoms with Gasteiger partial charge in [-0.05, 0) is 52.3 Å². The molecular formula is C14H10BrClN2O. The third-order valence-electron chi connectivity index (χ3n) is 2.76. The van der Waals surface area contributed by atoms with Gasteiger partial charge in [-0.1, -0.05) is 17.7 Å². The molecule has 0 fully saturated rings. The third-order valence-corrected chi connectivity index (χ3v) is 3.59. The molecule has 0 aliphatic rings. The molecular weight excluding hydrogens is 328 g/mol. The lowest BCUT2D eigenvalue weighted by molar-refractivity contribution is 0.295. The number of rotatable bonds is 3. The van der Waals surface area contributed by atoms with Crippen LogP contribution in [-0.2, 0) is 6.61 Å². The molecule has 0 atom stereocenters. The van der Waals surface area contributed by atoms with Crippen LogP contribution in [0.2, 0.25) is 5.02 Å². The van der Waals surface area contributed by atoms with Crippen LogP contribution in [0.25, 0.3) is 5.52 Å². The number of halogens is 2. The highest BCUT2D eigenvalue weighted by atomic mass is 79.9. The van der Waals surface area contributed by atoms with Crippen molar-refractivity contribution in [3.05, 3.63) is 64.1 Å². The van der Waals surface area contributed by atoms with Crippen LogP contribution < -0.4 is 4.74 Å². The van der Waals surface area contributed by atoms with Crippen LogP contribution in [0.1, 0.15) is 5.82 Å². The smallest absolute Gasteiger partial charge is 0.152 e. The van der Waals surface area contributed by atoms with E-state index in [-0.39, 0.29) is 0 Å². The maximum Gasteiger partial charge on any atom is 0.152 e. The molecule has 0 N–H and O–H groups in total. The molecule has 0 spiro atoms. The molecule has 5 heteroatoms. The summed E-state index contributed by atoms with van der Waals surface area (Å²) in [5.41, 5.74) is 1.03. The van der Waals surface area contributed by atoms with Crippen LogP contribution in [0.4, 0.5) is 0 Å². The first-order valence-corrected chi connectivity index (χ1v) is 6.91. The van der Waals surface area contributed by atoms with E-state index in [1.54, 1.807) is 12.1 Å². The van der Waals surface area contributed by atoms with Gasteiger partial charge >= 0.3 is 0 Å². The molecule has 3 nitrogen and oxygen atoms in total. The van der Waals surface area contributed by atoms with Gasteiger partial charge < -0.3 is 4.74 Å². The maximum absolute atomic E-state index is 5.83. The van der Waals surface area contributed by atoms with Crippen molar-refractivity contribution in [1.82, 2.24) is 9.38 Å². The second-order valence-electron chi connectivity index (χ2n) is 4.02. The highest BCUT2D eigenvalue weighted by molar-refractivity contribution is 9.10. The van der Waals surface area contributed by atoms with Crippen molar-refractivity contribution in [1.29, 1.82) is 0 Å². The van der Waals surface area contributed by atoms with Crippen molar-refractivity contribution in [3.8, 4) is 5.75 Å². The highest BCUT2D eigenvalue weighted by Crippen LogP contribution is 2.20. The van der Waals surface area contributed by atoms with E-state index < -0.39 is 0 Å². The number of pyridine rings is 1. The maximum atomic E-state index is 5.83. The number of imidazole rings is 1. The van der Waals surface area contributed by atoms with E-state index in [4.69, 9.17) is 16.3 Å². The minimum atomic E-state index is 0.401. The van der Waals surface area contributed by atoms with Crippen molar-refractivity contribution < 1.29 is 4.74 Å². The molecule has 0 aliphatic carbocycles. The Labute approximate surface area is 123 Å². The zero-order valence-corrected chi connectivity index (χ0v) is 12.2. The van der Waals surface area contributed by atoms with E-state index in [2.05, 4.69) is 20.9 Å². The van der Waals surface area contributed by atoms with Crippen molar-refractivity contribution in [2.45, 2.75) is 6.61 Å². The Balaban J connectivity index is 1.84. The molecule has 0 unspecified atom stereocenters. The Morgan fingerprint density at radius 1 is 1.16 bits per heavy atom. The highest BCUT2D eigenvalue weighted by Gasteiger charge is 2.08. The summed E-state index contributed by atoms with van der Waals surface area (Å²) < 4.78 is 8.53. The van der Waals surface area contributed by atoms with Crippen LogP contribution in [0, 0.1) is 0 Å². The first kappa shape index (κ1) is 12.5. The van der Waals surface area contributed by atoms with Crippen LogP contribution in [0.15, 0.2) is 53.3 Å². The molecule has 0 saturated heterocycles. The molecule has 0 bridgehead atoms. The average Bonchev–Trinajstić information content (AvgIpc) is 2.76. The molecule has 3 rings (SSSR count). The van der Waals surface area contributed by atoms with Gasteiger partial charge in [0.15, 0.2) is 5.82 Å². The summed E-state index contributed by atoms with van der Waals surface area (Å²) in [6.45, 7) is 0.401. The van der Waals surface area contributed by atoms with Crippen LogP contribution in [0.3, 0.4) is 0 Å². The van der Waals surface area contributed by atoms with E-state index in [1.807, 2.05) is 40.9 Å². The SMILES string of the molecule is Clc1ccc(OCc2nc(Br)c3ccccn23)cc1. The third kappa shape index (κ3) is 2.60. The summed E-state index contributed by atoms with van der Waals surface area (Å²) in [4.78, 5) is 4.45. The molecule has 19 heavy (non-hydrogen) atoms. The predicted octanol–water partition coefficient (Wildman–Crippen LogP) is 4.33. The fourth-order valence-electron chi connectivity index (χ4n) is 1.84. The van der Waals surface area contributed by atoms with Gasteiger partial charge in [0.25, 0.3) is 0 Å². The van der Waals surface area contributed by atoms with Crippen molar-refractivity contribution in [2.24, 2.45) is 0 Å². The van der Waals surface area contributed by atoms with E-state index in [9.17, 15) is 0 Å². The van der Waals surface area contributed by atoms with Gasteiger partial charge in [0, 0.05) is 11.2 Å². The second kappa shape index (κ2) is 5.23. The first-order valence-electron chi connectivity index (χ1n) is 5.74. The molecule has 0 amide bonds. The summed E-state index contributed by atoms with van der Waals surface area (Å²) in [6.07, 6.45) is 1.97. The number of hydrogen-bond donors (Lipinski definition) is 0. The fraction of sp³-hybridized carbons (Fsp3) is 0.0714. The monoisotopic (exact) mass is 336 g/mol. The Kier molecular flexibility index (Phi) is 3.44. The van der Waals surface area contributed by atoms with Gasteiger partial charge in [0.1, 0.15) is 17.0 Å². The largest absolute Gasteiger partial charge is 0.486 e. The molecule has 0 radical (unpaired) electrons. The van der Waals surface area contributed by atoms with Gasteiger partial charge in [-0.25, -0.2) is 4.98 Å². The fourth-order valence-corrected chi connectivity index (χ4v) is 2.50. The van der Waals surface area contributed by atoms with Gasteiger partial charge in [0.2, 0.25) is 0 Å². The number of ether oxygens (including phenoxy) is 1. The standard InChI is InChI=1S/C14H10BrClN2O/c15-14-12-3-1-2-8-18(12)13(17-14)9-19-11-6-4-10(16)5-7-11/h1-8H,9H2. The lowest BCUT2D eigenvalue weighted by Crippen LogP contribution is -2.00. The van der Waals surface area contributed by atoms with Gasteiger partial charge in [-0.15, -0.1) is 0 Å². The average molecular weight is 338 g/mol. The van der Waals surface area contributed by atoms with E-state index in [1.165, 1.54) is 0 Å². The topological polar surface area (TPSA) is 26.5 Å². The van der Waals surface area contributed by atoms with Crippen LogP contribution >= 0.6 is 27.5 Å². The molecule has 3 aromatic rings. The second-order valence-corrected chi connectivity index (χ2v) is 5.20. The van der Waals surface area contributed by atoms with Crippen molar-refractivity contribution in [3.63, 3.8) is 0 Å². The van der Waals surface area contributed by atoms with Crippen molar-refractivity contribution in [2.75, 3.05) is 0 Å². The number of aromatic nitrogens is 2. The molecule has 1 aromatic carbocycles. The lowest BCUT2D eigenvalue weighted by Gasteiger charge is -2.05. The van der Waals surface area contributed by atoms with E-state index in [0.717, 1.165) is 21.7 Å². The summed E-state index contributed by atoms with van der Waals surface area (Å²) >= 11 is 9.28. The summed E-state index contributed by atoms with van der Waals surface area (Å²) in [5, 5.41) is 0.696. The van der Waals surface area contributed by atoms with Crippen LogP contribution in [-0.4, -0.2) is 9.38 Å². The van der Waals surface area contributed by atoms with Crippen LogP contribution in [0.5, 0.6) is 5.75 Å². The lowest BCUT2D eigenvalue weighted by atomic mass is 10.3. The Morgan fingerprint density at radius 3 is 2.74 bits per heavy atom. The summed E-state index contributed by atoms with van der Waals surface area (Å²) in [7, 11) is 0. The van der Waals surface area contributed by atoms with E-state index in [0.29, 0.717) is 11.6 Å². The summed E-state index contributed by atoms with van der Waals surface area (Å²) in [6, 6.07) is 13.2. The van der Waals surface area contributed by atoms with Gasteiger partial charge in [-0.3, -0.25) is 4.40 Å². The predicted molar refractivity (Wildman–Crippen MR) is 78.7 cm³/mol. The molecule has 2 heterocycles. The Hall–Kier alpha value is -1.52. The molecule has 0 saturated carbocycles. The molecule has 96 valence electrons.